The number of aromatic hydroxyl groups is 1. The first-order valence-electron chi connectivity index (χ1n) is 11.7. The lowest BCUT2D eigenvalue weighted by molar-refractivity contribution is 0.0277. The van der Waals surface area contributed by atoms with E-state index in [4.69, 9.17) is 4.74 Å². The van der Waals surface area contributed by atoms with Crippen LogP contribution in [0.3, 0.4) is 0 Å². The minimum Gasteiger partial charge on any atom is -0.507 e. The number of fused-ring (bicyclic) bond motifs is 3. The minimum absolute atomic E-state index is 0.202. The van der Waals surface area contributed by atoms with Crippen molar-refractivity contribution in [3.63, 3.8) is 0 Å². The number of ether oxygens (including phenoxy) is 1. The van der Waals surface area contributed by atoms with E-state index in [0.717, 1.165) is 50.6 Å². The molecule has 1 amide bonds. The van der Waals surface area contributed by atoms with E-state index in [1.165, 1.54) is 0 Å². The largest absolute Gasteiger partial charge is 0.507 e. The maximum absolute atomic E-state index is 12.5. The number of hydrogen-bond acceptors (Lipinski definition) is 8. The molecule has 5 rings (SSSR count). The molecule has 1 aromatic heterocycles. The summed E-state index contributed by atoms with van der Waals surface area (Å²) in [5.41, 5.74) is 1.91. The predicted molar refractivity (Wildman–Crippen MR) is 127 cm³/mol. The first-order chi connectivity index (χ1) is 15.8. The Morgan fingerprint density at radius 3 is 2.73 bits per heavy atom. The number of carbonyl (C=O) groups is 1. The number of carbonyl (C=O) groups excluding carboxylic acids is 1. The summed E-state index contributed by atoms with van der Waals surface area (Å²) in [6.45, 7) is 10.7. The summed E-state index contributed by atoms with van der Waals surface area (Å²) in [5, 5.41) is 22.4. The van der Waals surface area contributed by atoms with Crippen molar-refractivity contribution < 1.29 is 14.6 Å². The molecule has 9 heteroatoms. The van der Waals surface area contributed by atoms with E-state index in [-0.39, 0.29) is 11.8 Å². The Balaban J connectivity index is 1.27. The number of phenols is 1. The van der Waals surface area contributed by atoms with Crippen LogP contribution in [0.1, 0.15) is 27.2 Å². The first kappa shape index (κ1) is 21.8. The highest BCUT2D eigenvalue weighted by atomic mass is 16.6. The monoisotopic (exact) mass is 452 g/mol. The average Bonchev–Trinajstić information content (AvgIpc) is 3.28. The topological polar surface area (TPSA) is 94.1 Å². The number of anilines is 2. The van der Waals surface area contributed by atoms with Crippen molar-refractivity contribution in [3.8, 4) is 17.0 Å². The fourth-order valence-electron chi connectivity index (χ4n) is 5.00. The molecule has 0 radical (unpaired) electrons. The van der Waals surface area contributed by atoms with Crippen LogP contribution in [0.5, 0.6) is 5.75 Å². The summed E-state index contributed by atoms with van der Waals surface area (Å²) in [6, 6.07) is 9.89. The van der Waals surface area contributed by atoms with E-state index in [9.17, 15) is 9.90 Å². The van der Waals surface area contributed by atoms with Crippen molar-refractivity contribution >= 4 is 17.6 Å². The molecule has 0 saturated carbocycles. The SMILES string of the molecule is CC(C)(C)OC(=O)N1CCC(N2CCN3c4cc(-c5ccccc5O)nnc4NC[C@H]3C2)C1. The van der Waals surface area contributed by atoms with Gasteiger partial charge in [0.25, 0.3) is 0 Å². The number of hydrogen-bond donors (Lipinski definition) is 2. The average molecular weight is 453 g/mol. The van der Waals surface area contributed by atoms with Crippen LogP contribution in [0.25, 0.3) is 11.3 Å². The molecule has 2 aromatic rings. The minimum atomic E-state index is -0.472. The molecule has 1 aromatic carbocycles. The smallest absolute Gasteiger partial charge is 0.410 e. The highest BCUT2D eigenvalue weighted by molar-refractivity contribution is 5.76. The molecule has 176 valence electrons. The fraction of sp³-hybridized carbons (Fsp3) is 0.542. The van der Waals surface area contributed by atoms with Gasteiger partial charge in [0.15, 0.2) is 5.82 Å². The molecule has 0 spiro atoms. The van der Waals surface area contributed by atoms with E-state index in [1.807, 2.05) is 43.9 Å². The quantitative estimate of drug-likeness (QED) is 0.719. The van der Waals surface area contributed by atoms with Crippen LogP contribution in [0.15, 0.2) is 30.3 Å². The zero-order chi connectivity index (χ0) is 23.2. The van der Waals surface area contributed by atoms with Gasteiger partial charge in [-0.1, -0.05) is 12.1 Å². The summed E-state index contributed by atoms with van der Waals surface area (Å²) >= 11 is 0. The highest BCUT2D eigenvalue weighted by Crippen LogP contribution is 2.36. The van der Waals surface area contributed by atoms with Crippen molar-refractivity contribution in [2.45, 2.75) is 44.9 Å². The van der Waals surface area contributed by atoms with Gasteiger partial charge < -0.3 is 25.0 Å². The van der Waals surface area contributed by atoms with E-state index in [0.29, 0.717) is 29.9 Å². The Labute approximate surface area is 194 Å². The summed E-state index contributed by atoms with van der Waals surface area (Å²) < 4.78 is 5.56. The van der Waals surface area contributed by atoms with Gasteiger partial charge in [-0.25, -0.2) is 4.79 Å². The van der Waals surface area contributed by atoms with Crippen LogP contribution in [-0.4, -0.2) is 88.2 Å². The van der Waals surface area contributed by atoms with Crippen molar-refractivity contribution in [1.29, 1.82) is 0 Å². The van der Waals surface area contributed by atoms with E-state index >= 15 is 0 Å². The van der Waals surface area contributed by atoms with E-state index < -0.39 is 5.60 Å². The molecular formula is C24H32N6O3. The lowest BCUT2D eigenvalue weighted by atomic mass is 10.0. The third kappa shape index (κ3) is 4.42. The van der Waals surface area contributed by atoms with Crippen LogP contribution in [0.4, 0.5) is 16.3 Å². The van der Waals surface area contributed by atoms with Crippen molar-refractivity contribution in [1.82, 2.24) is 20.0 Å². The van der Waals surface area contributed by atoms with Crippen molar-refractivity contribution in [2.24, 2.45) is 0 Å². The number of aromatic nitrogens is 2. The molecule has 0 aliphatic carbocycles. The second-order valence-corrected chi connectivity index (χ2v) is 10.1. The number of para-hydroxylation sites is 1. The normalized spacial score (nSPS) is 23.0. The number of nitrogens with zero attached hydrogens (tertiary/aromatic N) is 5. The number of nitrogens with one attached hydrogen (secondary N) is 1. The Hall–Kier alpha value is -3.07. The predicted octanol–water partition coefficient (Wildman–Crippen LogP) is 2.77. The standard InChI is InChI=1S/C24H32N6O3/c1-24(2,3)33-23(32)29-9-8-16(14-29)28-10-11-30-17(15-28)13-25-22-20(30)12-19(26-27-22)18-6-4-5-7-21(18)31/h4-7,12,16-17,31H,8-11,13-15H2,1-3H3,(H,25,27)/t16?,17-/m0/s1. The van der Waals surface area contributed by atoms with Gasteiger partial charge in [-0.3, -0.25) is 4.90 Å². The number of benzene rings is 1. The Morgan fingerprint density at radius 2 is 1.94 bits per heavy atom. The van der Waals surface area contributed by atoms with Crippen LogP contribution >= 0.6 is 0 Å². The van der Waals surface area contributed by atoms with Gasteiger partial charge in [0.2, 0.25) is 0 Å². The maximum Gasteiger partial charge on any atom is 0.410 e. The number of likely N-dealkylation sites (tertiary alicyclic amines) is 1. The molecule has 2 saturated heterocycles. The van der Waals surface area contributed by atoms with Gasteiger partial charge in [0, 0.05) is 50.9 Å². The summed E-state index contributed by atoms with van der Waals surface area (Å²) in [6.07, 6.45) is 0.756. The molecule has 2 fully saturated rings. The highest BCUT2D eigenvalue weighted by Gasteiger charge is 2.38. The maximum atomic E-state index is 12.5. The fourth-order valence-corrected chi connectivity index (χ4v) is 5.00. The molecule has 33 heavy (non-hydrogen) atoms. The Bertz CT molecular complexity index is 1040. The first-order valence-corrected chi connectivity index (χ1v) is 11.7. The van der Waals surface area contributed by atoms with Gasteiger partial charge >= 0.3 is 6.09 Å². The third-order valence-corrected chi connectivity index (χ3v) is 6.61. The van der Waals surface area contributed by atoms with E-state index in [1.54, 1.807) is 12.1 Å². The molecule has 2 atom stereocenters. The van der Waals surface area contributed by atoms with Crippen molar-refractivity contribution in [3.05, 3.63) is 30.3 Å². The van der Waals surface area contributed by atoms with Crippen LogP contribution in [-0.2, 0) is 4.74 Å². The molecule has 4 heterocycles. The summed E-state index contributed by atoms with van der Waals surface area (Å²) in [4.78, 5) is 19.2. The molecular weight excluding hydrogens is 420 g/mol. The number of phenolic OH excluding ortho intramolecular Hbond substituents is 1. The molecule has 9 nitrogen and oxygen atoms in total. The zero-order valence-corrected chi connectivity index (χ0v) is 19.5. The van der Waals surface area contributed by atoms with Crippen molar-refractivity contribution in [2.75, 3.05) is 49.5 Å². The van der Waals surface area contributed by atoms with Gasteiger partial charge in [0.05, 0.1) is 17.4 Å². The lowest BCUT2D eigenvalue weighted by Gasteiger charge is -2.47. The van der Waals surface area contributed by atoms with Crippen LogP contribution in [0.2, 0.25) is 0 Å². The zero-order valence-electron chi connectivity index (χ0n) is 19.5. The van der Waals surface area contributed by atoms with Crippen LogP contribution in [0, 0.1) is 0 Å². The Kier molecular flexibility index (Phi) is 5.52. The van der Waals surface area contributed by atoms with E-state index in [2.05, 4.69) is 25.3 Å². The van der Waals surface area contributed by atoms with Crippen LogP contribution < -0.4 is 10.2 Å². The lowest BCUT2D eigenvalue weighted by Crippen LogP contribution is -2.60. The van der Waals surface area contributed by atoms with Gasteiger partial charge in [-0.15, -0.1) is 10.2 Å². The second-order valence-electron chi connectivity index (χ2n) is 10.1. The summed E-state index contributed by atoms with van der Waals surface area (Å²) in [7, 11) is 0. The summed E-state index contributed by atoms with van der Waals surface area (Å²) in [5.74, 6) is 0.989. The molecule has 3 aliphatic rings. The molecule has 2 N–H and O–H groups in total. The third-order valence-electron chi connectivity index (χ3n) is 6.61. The molecule has 1 unspecified atom stereocenters. The van der Waals surface area contributed by atoms with Gasteiger partial charge in [-0.2, -0.15) is 0 Å². The number of piperazine rings is 1. The second kappa shape index (κ2) is 8.37. The number of rotatable bonds is 2. The van der Waals surface area contributed by atoms with Gasteiger partial charge in [0.1, 0.15) is 11.4 Å². The molecule has 3 aliphatic heterocycles. The Morgan fingerprint density at radius 1 is 1.12 bits per heavy atom. The molecule has 0 bridgehead atoms. The number of amides is 1. The van der Waals surface area contributed by atoms with Gasteiger partial charge in [-0.05, 0) is 45.4 Å².